The van der Waals surface area contributed by atoms with Gasteiger partial charge < -0.3 is 10.1 Å². The molecule has 0 saturated heterocycles. The quantitative estimate of drug-likeness (QED) is 0.730. The van der Waals surface area contributed by atoms with E-state index in [1.165, 1.54) is 11.1 Å². The lowest BCUT2D eigenvalue weighted by atomic mass is 9.99. The highest BCUT2D eigenvalue weighted by Crippen LogP contribution is 2.32. The van der Waals surface area contributed by atoms with E-state index in [0.29, 0.717) is 4.99 Å². The SMILES string of the molecule is Cc1ccc(-c2nc3c(C)cccn3c2C(C)C(N)=S)cc1C. The highest BCUT2D eigenvalue weighted by atomic mass is 32.1. The molecule has 3 rings (SSSR count). The van der Waals surface area contributed by atoms with Gasteiger partial charge in [-0.05, 0) is 49.6 Å². The monoisotopic (exact) mass is 323 g/mol. The van der Waals surface area contributed by atoms with Crippen molar-refractivity contribution in [2.45, 2.75) is 33.6 Å². The molecule has 4 heteroatoms. The molecule has 23 heavy (non-hydrogen) atoms. The Labute approximate surface area is 142 Å². The van der Waals surface area contributed by atoms with Gasteiger partial charge >= 0.3 is 0 Å². The van der Waals surface area contributed by atoms with Crippen molar-refractivity contribution in [2.75, 3.05) is 0 Å². The van der Waals surface area contributed by atoms with E-state index in [2.05, 4.69) is 49.4 Å². The summed E-state index contributed by atoms with van der Waals surface area (Å²) in [5, 5.41) is 0. The maximum atomic E-state index is 5.95. The van der Waals surface area contributed by atoms with Gasteiger partial charge in [-0.15, -0.1) is 0 Å². The second kappa shape index (κ2) is 5.78. The van der Waals surface area contributed by atoms with Crippen LogP contribution in [-0.4, -0.2) is 14.4 Å². The van der Waals surface area contributed by atoms with Crippen LogP contribution in [-0.2, 0) is 0 Å². The Morgan fingerprint density at radius 1 is 1.13 bits per heavy atom. The molecule has 2 heterocycles. The van der Waals surface area contributed by atoms with E-state index in [1.54, 1.807) is 0 Å². The summed E-state index contributed by atoms with van der Waals surface area (Å²) in [5.41, 5.74) is 13.7. The van der Waals surface area contributed by atoms with E-state index in [4.69, 9.17) is 22.9 Å². The Morgan fingerprint density at radius 2 is 1.87 bits per heavy atom. The number of thiocarbonyl (C=S) groups is 1. The van der Waals surface area contributed by atoms with Gasteiger partial charge in [0.2, 0.25) is 0 Å². The van der Waals surface area contributed by atoms with Crippen molar-refractivity contribution < 1.29 is 0 Å². The molecule has 2 N–H and O–H groups in total. The van der Waals surface area contributed by atoms with Gasteiger partial charge in [-0.25, -0.2) is 4.98 Å². The van der Waals surface area contributed by atoms with Gasteiger partial charge in [-0.1, -0.05) is 37.3 Å². The molecule has 0 aliphatic heterocycles. The van der Waals surface area contributed by atoms with E-state index >= 15 is 0 Å². The summed E-state index contributed by atoms with van der Waals surface area (Å²) in [5.74, 6) is -0.0431. The van der Waals surface area contributed by atoms with Gasteiger partial charge in [0.1, 0.15) is 5.65 Å². The van der Waals surface area contributed by atoms with Crippen LogP contribution in [0.3, 0.4) is 0 Å². The third-order valence-electron chi connectivity index (χ3n) is 4.50. The maximum Gasteiger partial charge on any atom is 0.140 e. The van der Waals surface area contributed by atoms with E-state index in [0.717, 1.165) is 28.2 Å². The van der Waals surface area contributed by atoms with Crippen molar-refractivity contribution in [1.82, 2.24) is 9.38 Å². The Balaban J connectivity index is 2.34. The molecule has 0 saturated carbocycles. The molecule has 0 aliphatic carbocycles. The molecule has 0 spiro atoms. The Morgan fingerprint density at radius 3 is 2.52 bits per heavy atom. The van der Waals surface area contributed by atoms with Gasteiger partial charge in [0.05, 0.1) is 16.4 Å². The number of fused-ring (bicyclic) bond motifs is 1. The molecule has 3 aromatic rings. The second-order valence-electron chi connectivity index (χ2n) is 6.15. The number of aromatic nitrogens is 2. The van der Waals surface area contributed by atoms with E-state index < -0.39 is 0 Å². The minimum Gasteiger partial charge on any atom is -0.393 e. The molecule has 2 aromatic heterocycles. The number of aryl methyl sites for hydroxylation is 3. The summed E-state index contributed by atoms with van der Waals surface area (Å²) < 4.78 is 2.11. The van der Waals surface area contributed by atoms with Crippen molar-refractivity contribution in [3.8, 4) is 11.3 Å². The first kappa shape index (κ1) is 15.7. The summed E-state index contributed by atoms with van der Waals surface area (Å²) in [6.45, 7) is 8.35. The average Bonchev–Trinajstić information content (AvgIpc) is 2.90. The molecule has 118 valence electrons. The zero-order chi connectivity index (χ0) is 16.7. The summed E-state index contributed by atoms with van der Waals surface area (Å²) in [6.07, 6.45) is 2.03. The second-order valence-corrected chi connectivity index (χ2v) is 6.62. The average molecular weight is 323 g/mol. The maximum absolute atomic E-state index is 5.95. The fourth-order valence-electron chi connectivity index (χ4n) is 2.87. The molecule has 0 radical (unpaired) electrons. The van der Waals surface area contributed by atoms with Crippen molar-refractivity contribution in [2.24, 2.45) is 5.73 Å². The molecule has 0 amide bonds. The molecular weight excluding hydrogens is 302 g/mol. The molecule has 0 aliphatic rings. The van der Waals surface area contributed by atoms with Gasteiger partial charge in [0.15, 0.2) is 0 Å². The predicted octanol–water partition coefficient (Wildman–Crippen LogP) is 4.32. The minimum absolute atomic E-state index is 0.0431. The first-order valence-electron chi connectivity index (χ1n) is 7.74. The lowest BCUT2D eigenvalue weighted by Gasteiger charge is -2.13. The summed E-state index contributed by atoms with van der Waals surface area (Å²) in [7, 11) is 0. The molecule has 1 atom stereocenters. The summed E-state index contributed by atoms with van der Waals surface area (Å²) in [6, 6.07) is 10.5. The van der Waals surface area contributed by atoms with Crippen molar-refractivity contribution in [1.29, 1.82) is 0 Å². The summed E-state index contributed by atoms with van der Waals surface area (Å²) >= 11 is 5.25. The number of benzene rings is 1. The number of pyridine rings is 1. The third-order valence-corrected chi connectivity index (χ3v) is 4.85. The van der Waals surface area contributed by atoms with E-state index in [1.807, 2.05) is 19.2 Å². The van der Waals surface area contributed by atoms with Gasteiger partial charge in [-0.3, -0.25) is 0 Å². The molecular formula is C19H21N3S. The van der Waals surface area contributed by atoms with Crippen LogP contribution in [0.2, 0.25) is 0 Å². The fraction of sp³-hybridized carbons (Fsp3) is 0.263. The van der Waals surface area contributed by atoms with Crippen LogP contribution in [0.15, 0.2) is 36.5 Å². The van der Waals surface area contributed by atoms with Gasteiger partial charge in [0.25, 0.3) is 0 Å². The van der Waals surface area contributed by atoms with Gasteiger partial charge in [0, 0.05) is 17.7 Å². The van der Waals surface area contributed by atoms with Crippen LogP contribution in [0.1, 0.15) is 35.2 Å². The van der Waals surface area contributed by atoms with Crippen molar-refractivity contribution in [3.63, 3.8) is 0 Å². The van der Waals surface area contributed by atoms with Crippen LogP contribution in [0, 0.1) is 20.8 Å². The molecule has 3 nitrogen and oxygen atoms in total. The van der Waals surface area contributed by atoms with Gasteiger partial charge in [-0.2, -0.15) is 0 Å². The lowest BCUT2D eigenvalue weighted by molar-refractivity contribution is 0.928. The lowest BCUT2D eigenvalue weighted by Crippen LogP contribution is -2.18. The first-order valence-corrected chi connectivity index (χ1v) is 8.15. The van der Waals surface area contributed by atoms with Crippen LogP contribution >= 0.6 is 12.2 Å². The molecule has 1 aromatic carbocycles. The van der Waals surface area contributed by atoms with Crippen LogP contribution in [0.25, 0.3) is 16.9 Å². The zero-order valence-corrected chi connectivity index (χ0v) is 14.7. The number of nitrogens with two attached hydrogens (primary N) is 1. The van der Waals surface area contributed by atoms with E-state index in [-0.39, 0.29) is 5.92 Å². The molecule has 0 fully saturated rings. The first-order chi connectivity index (χ1) is 10.9. The molecule has 1 unspecified atom stereocenters. The minimum atomic E-state index is -0.0431. The number of rotatable bonds is 3. The van der Waals surface area contributed by atoms with Crippen LogP contribution in [0.4, 0.5) is 0 Å². The Kier molecular flexibility index (Phi) is 3.94. The molecule has 0 bridgehead atoms. The largest absolute Gasteiger partial charge is 0.393 e. The smallest absolute Gasteiger partial charge is 0.140 e. The Hall–Kier alpha value is -2.20. The standard InChI is InChI=1S/C19H21N3S/c1-11-7-8-15(10-13(11)3)16-17(14(4)18(20)23)22-9-5-6-12(2)19(22)21-16/h5-10,14H,1-4H3,(H2,20,23). The highest BCUT2D eigenvalue weighted by Gasteiger charge is 2.22. The highest BCUT2D eigenvalue weighted by molar-refractivity contribution is 7.80. The zero-order valence-electron chi connectivity index (χ0n) is 13.9. The van der Waals surface area contributed by atoms with Crippen molar-refractivity contribution >= 4 is 22.9 Å². The number of nitrogens with zero attached hydrogens (tertiary/aromatic N) is 2. The number of hydrogen-bond acceptors (Lipinski definition) is 2. The van der Waals surface area contributed by atoms with Crippen LogP contribution in [0.5, 0.6) is 0 Å². The topological polar surface area (TPSA) is 43.3 Å². The number of hydrogen-bond donors (Lipinski definition) is 1. The normalized spacial score (nSPS) is 12.5. The fourth-order valence-corrected chi connectivity index (χ4v) is 2.98. The van der Waals surface area contributed by atoms with Crippen LogP contribution < -0.4 is 5.73 Å². The third kappa shape index (κ3) is 2.63. The number of imidazole rings is 1. The van der Waals surface area contributed by atoms with Crippen molar-refractivity contribution in [3.05, 3.63) is 58.9 Å². The Bertz CT molecular complexity index is 908. The van der Waals surface area contributed by atoms with E-state index in [9.17, 15) is 0 Å². The summed E-state index contributed by atoms with van der Waals surface area (Å²) in [4.78, 5) is 5.39. The predicted molar refractivity (Wildman–Crippen MR) is 100 cm³/mol.